The number of nitro benzene ring substituents is 1. The van der Waals surface area contributed by atoms with E-state index in [1.165, 1.54) is 25.8 Å². The Labute approximate surface area is 118 Å². The van der Waals surface area contributed by atoms with E-state index in [1.54, 1.807) is 12.1 Å². The van der Waals surface area contributed by atoms with E-state index in [0.717, 1.165) is 18.4 Å². The highest BCUT2D eigenvalue weighted by Crippen LogP contribution is 2.26. The number of hydrogen-bond donors (Lipinski definition) is 1. The van der Waals surface area contributed by atoms with Crippen molar-refractivity contribution >= 4 is 5.69 Å². The van der Waals surface area contributed by atoms with Crippen molar-refractivity contribution in [2.24, 2.45) is 0 Å². The smallest absolute Gasteiger partial charge is 0.275 e. The third-order valence-corrected chi connectivity index (χ3v) is 3.33. The molecule has 104 valence electrons. The van der Waals surface area contributed by atoms with Crippen LogP contribution in [-0.2, 0) is 0 Å². The van der Waals surface area contributed by atoms with E-state index in [2.05, 4.69) is 17.9 Å². The fraction of sp³-hybridized carbons (Fsp3) is 0.375. The highest BCUT2D eigenvalue weighted by Gasteiger charge is 2.17. The van der Waals surface area contributed by atoms with E-state index >= 15 is 0 Å². The van der Waals surface area contributed by atoms with Gasteiger partial charge in [0, 0.05) is 11.6 Å². The Morgan fingerprint density at radius 3 is 2.75 bits per heavy atom. The summed E-state index contributed by atoms with van der Waals surface area (Å²) in [5.74, 6) is 6.14. The maximum Gasteiger partial charge on any atom is 0.275 e. The molecule has 1 aliphatic carbocycles. The zero-order chi connectivity index (χ0) is 14.5. The SMILES string of the molecule is CC(O)c1cc(C#CC2=CCCCC2)ccc1[N+](=O)[O-]. The van der Waals surface area contributed by atoms with E-state index < -0.39 is 11.0 Å². The van der Waals surface area contributed by atoms with Crippen molar-refractivity contribution < 1.29 is 10.0 Å². The first kappa shape index (κ1) is 14.3. The number of nitro groups is 1. The van der Waals surface area contributed by atoms with E-state index in [1.807, 2.05) is 0 Å². The lowest BCUT2D eigenvalue weighted by molar-refractivity contribution is -0.386. The molecule has 20 heavy (non-hydrogen) atoms. The summed E-state index contributed by atoms with van der Waals surface area (Å²) in [6.07, 6.45) is 5.73. The van der Waals surface area contributed by atoms with E-state index in [9.17, 15) is 15.2 Å². The summed E-state index contributed by atoms with van der Waals surface area (Å²) in [6, 6.07) is 4.63. The zero-order valence-electron chi connectivity index (χ0n) is 11.4. The topological polar surface area (TPSA) is 63.4 Å². The number of aliphatic hydroxyl groups is 1. The second-order valence-corrected chi connectivity index (χ2v) is 4.93. The molecule has 2 rings (SSSR count). The van der Waals surface area contributed by atoms with Gasteiger partial charge in [-0.3, -0.25) is 10.1 Å². The van der Waals surface area contributed by atoms with Crippen molar-refractivity contribution in [3.8, 4) is 11.8 Å². The first-order valence-corrected chi connectivity index (χ1v) is 6.75. The highest BCUT2D eigenvalue weighted by atomic mass is 16.6. The minimum absolute atomic E-state index is 0.0672. The van der Waals surface area contributed by atoms with Crippen molar-refractivity contribution in [3.63, 3.8) is 0 Å². The van der Waals surface area contributed by atoms with Crippen molar-refractivity contribution in [3.05, 3.63) is 51.1 Å². The van der Waals surface area contributed by atoms with Crippen LogP contribution in [-0.4, -0.2) is 10.0 Å². The Hall–Kier alpha value is -2.12. The van der Waals surface area contributed by atoms with E-state index in [0.29, 0.717) is 11.1 Å². The number of rotatable bonds is 2. The first-order valence-electron chi connectivity index (χ1n) is 6.75. The summed E-state index contributed by atoms with van der Waals surface area (Å²) in [5.41, 5.74) is 2.06. The largest absolute Gasteiger partial charge is 0.388 e. The molecule has 0 saturated heterocycles. The second-order valence-electron chi connectivity index (χ2n) is 4.93. The number of nitrogens with zero attached hydrogens (tertiary/aromatic N) is 1. The molecule has 0 fully saturated rings. The van der Waals surface area contributed by atoms with Crippen LogP contribution in [0.1, 0.15) is 49.8 Å². The summed E-state index contributed by atoms with van der Waals surface area (Å²) in [7, 11) is 0. The first-order chi connectivity index (χ1) is 9.58. The lowest BCUT2D eigenvalue weighted by Gasteiger charge is -2.07. The Kier molecular flexibility index (Phi) is 4.54. The normalized spacial score (nSPS) is 15.8. The molecule has 4 heteroatoms. The van der Waals surface area contributed by atoms with Crippen LogP contribution >= 0.6 is 0 Å². The van der Waals surface area contributed by atoms with Crippen molar-refractivity contribution in [2.45, 2.75) is 38.7 Å². The molecular weight excluding hydrogens is 254 g/mol. The third kappa shape index (κ3) is 3.46. The Morgan fingerprint density at radius 1 is 1.35 bits per heavy atom. The van der Waals surface area contributed by atoms with Crippen LogP contribution in [0, 0.1) is 22.0 Å². The van der Waals surface area contributed by atoms with Crippen LogP contribution in [0.3, 0.4) is 0 Å². The Balaban J connectivity index is 2.30. The molecule has 0 heterocycles. The highest BCUT2D eigenvalue weighted by molar-refractivity contribution is 5.50. The van der Waals surface area contributed by atoms with Crippen molar-refractivity contribution in [1.82, 2.24) is 0 Å². The molecule has 0 saturated carbocycles. The number of hydrogen-bond acceptors (Lipinski definition) is 3. The zero-order valence-corrected chi connectivity index (χ0v) is 11.4. The molecule has 1 unspecified atom stereocenters. The van der Waals surface area contributed by atoms with Crippen LogP contribution in [0.4, 0.5) is 5.69 Å². The Morgan fingerprint density at radius 2 is 2.15 bits per heavy atom. The molecule has 1 N–H and O–H groups in total. The van der Waals surface area contributed by atoms with Gasteiger partial charge >= 0.3 is 0 Å². The standard InChI is InChI=1S/C16H17NO3/c1-12(18)15-11-14(9-10-16(15)17(19)20)8-7-13-5-3-2-4-6-13/h5,9-12,18H,2-4,6H2,1H3. The van der Waals surface area contributed by atoms with Crippen molar-refractivity contribution in [1.29, 1.82) is 0 Å². The molecule has 4 nitrogen and oxygen atoms in total. The molecule has 0 radical (unpaired) electrons. The number of aliphatic hydroxyl groups excluding tert-OH is 1. The fourth-order valence-corrected chi connectivity index (χ4v) is 2.24. The van der Waals surface area contributed by atoms with Gasteiger partial charge in [-0.1, -0.05) is 17.9 Å². The van der Waals surface area contributed by atoms with Crippen LogP contribution in [0.15, 0.2) is 29.8 Å². The minimum atomic E-state index is -0.883. The van der Waals surface area contributed by atoms with Gasteiger partial charge in [-0.25, -0.2) is 0 Å². The summed E-state index contributed by atoms with van der Waals surface area (Å²) in [5, 5.41) is 20.5. The number of allylic oxidation sites excluding steroid dienone is 2. The Bertz CT molecular complexity index is 606. The van der Waals surface area contributed by atoms with Gasteiger partial charge < -0.3 is 5.11 Å². The van der Waals surface area contributed by atoms with Gasteiger partial charge in [-0.15, -0.1) is 0 Å². The van der Waals surface area contributed by atoms with Gasteiger partial charge in [0.1, 0.15) is 0 Å². The molecular formula is C16H17NO3. The molecule has 0 amide bonds. The molecule has 0 spiro atoms. The van der Waals surface area contributed by atoms with Crippen LogP contribution in [0.2, 0.25) is 0 Å². The molecule has 0 bridgehead atoms. The molecule has 1 aliphatic rings. The predicted molar refractivity (Wildman–Crippen MR) is 77.2 cm³/mol. The predicted octanol–water partition coefficient (Wildman–Crippen LogP) is 3.50. The number of benzene rings is 1. The van der Waals surface area contributed by atoms with Crippen LogP contribution < -0.4 is 0 Å². The minimum Gasteiger partial charge on any atom is -0.388 e. The van der Waals surface area contributed by atoms with Gasteiger partial charge in [0.25, 0.3) is 5.69 Å². The van der Waals surface area contributed by atoms with Gasteiger partial charge in [0.05, 0.1) is 16.6 Å². The van der Waals surface area contributed by atoms with Crippen LogP contribution in [0.5, 0.6) is 0 Å². The summed E-state index contributed by atoms with van der Waals surface area (Å²) >= 11 is 0. The lowest BCUT2D eigenvalue weighted by atomic mass is 9.99. The second kappa shape index (κ2) is 6.36. The maximum absolute atomic E-state index is 10.9. The van der Waals surface area contributed by atoms with Gasteiger partial charge in [0.15, 0.2) is 0 Å². The summed E-state index contributed by atoms with van der Waals surface area (Å²) in [6.45, 7) is 1.52. The molecule has 1 atom stereocenters. The van der Waals surface area contributed by atoms with Gasteiger partial charge in [0.2, 0.25) is 0 Å². The lowest BCUT2D eigenvalue weighted by Crippen LogP contribution is -1.99. The molecule has 0 aliphatic heterocycles. The maximum atomic E-state index is 10.9. The van der Waals surface area contributed by atoms with Crippen molar-refractivity contribution in [2.75, 3.05) is 0 Å². The average molecular weight is 271 g/mol. The quantitative estimate of drug-likeness (QED) is 0.508. The van der Waals surface area contributed by atoms with Gasteiger partial charge in [-0.05, 0) is 50.3 Å². The monoisotopic (exact) mass is 271 g/mol. The average Bonchev–Trinajstić information content (AvgIpc) is 2.45. The molecule has 0 aromatic heterocycles. The molecule has 1 aromatic rings. The summed E-state index contributed by atoms with van der Waals surface area (Å²) < 4.78 is 0. The third-order valence-electron chi connectivity index (χ3n) is 3.33. The van der Waals surface area contributed by atoms with E-state index in [-0.39, 0.29) is 5.69 Å². The molecule has 1 aromatic carbocycles. The van der Waals surface area contributed by atoms with Gasteiger partial charge in [-0.2, -0.15) is 0 Å². The fourth-order valence-electron chi connectivity index (χ4n) is 2.24. The van der Waals surface area contributed by atoms with Crippen LogP contribution in [0.25, 0.3) is 0 Å². The summed E-state index contributed by atoms with van der Waals surface area (Å²) in [4.78, 5) is 10.4. The van der Waals surface area contributed by atoms with E-state index in [4.69, 9.17) is 0 Å².